The number of benzene rings is 2. The Kier molecular flexibility index (Phi) is 7.63. The summed E-state index contributed by atoms with van der Waals surface area (Å²) in [6.45, 7) is 5.66. The Labute approximate surface area is 175 Å². The maximum Gasteiger partial charge on any atom is 0.243 e. The van der Waals surface area contributed by atoms with Crippen molar-refractivity contribution in [3.8, 4) is 0 Å². The monoisotopic (exact) mass is 467 g/mol. The van der Waals surface area contributed by atoms with E-state index in [4.69, 9.17) is 0 Å². The summed E-state index contributed by atoms with van der Waals surface area (Å²) in [5, 5.41) is 5.94. The van der Waals surface area contributed by atoms with Gasteiger partial charge in [-0.1, -0.05) is 28.1 Å². The predicted octanol–water partition coefficient (Wildman–Crippen LogP) is 3.77. The van der Waals surface area contributed by atoms with Gasteiger partial charge in [0.1, 0.15) is 0 Å². The summed E-state index contributed by atoms with van der Waals surface area (Å²) < 4.78 is 27.2. The van der Waals surface area contributed by atoms with Gasteiger partial charge in [-0.2, -0.15) is 4.31 Å². The average Bonchev–Trinajstić information content (AvgIpc) is 2.66. The molecule has 0 aliphatic carbocycles. The molecule has 0 fully saturated rings. The number of sulfonamides is 1. The summed E-state index contributed by atoms with van der Waals surface area (Å²) in [6, 6.07) is 13.9. The molecule has 0 spiro atoms. The lowest BCUT2D eigenvalue weighted by molar-refractivity contribution is -0.120. The normalized spacial score (nSPS) is 12.8. The summed E-state index contributed by atoms with van der Waals surface area (Å²) in [7, 11) is -1.95. The van der Waals surface area contributed by atoms with Gasteiger partial charge < -0.3 is 10.6 Å². The van der Waals surface area contributed by atoms with Crippen LogP contribution in [0.4, 0.5) is 5.69 Å². The maximum atomic E-state index is 12.5. The van der Waals surface area contributed by atoms with E-state index in [1.165, 1.54) is 4.31 Å². The minimum absolute atomic E-state index is 0.0961. The third-order valence-electron chi connectivity index (χ3n) is 4.46. The number of carbonyl (C=O) groups is 1. The molecule has 0 aliphatic rings. The molecule has 2 aromatic carbocycles. The number of hydrogen-bond acceptors (Lipinski definition) is 4. The minimum atomic E-state index is -3.51. The van der Waals surface area contributed by atoms with Crippen LogP contribution in [-0.4, -0.2) is 38.3 Å². The van der Waals surface area contributed by atoms with Gasteiger partial charge in [0.2, 0.25) is 15.9 Å². The number of amides is 1. The molecule has 1 amide bonds. The number of rotatable bonds is 8. The van der Waals surface area contributed by atoms with Crippen molar-refractivity contribution in [3.05, 3.63) is 58.6 Å². The number of hydrogen-bond donors (Lipinski definition) is 2. The van der Waals surface area contributed by atoms with E-state index >= 15 is 0 Å². The van der Waals surface area contributed by atoms with E-state index in [0.29, 0.717) is 5.69 Å². The van der Waals surface area contributed by atoms with Crippen LogP contribution in [0.2, 0.25) is 0 Å². The number of halogens is 1. The van der Waals surface area contributed by atoms with E-state index in [1.807, 2.05) is 45.0 Å². The molecule has 2 N–H and O–H groups in total. The highest BCUT2D eigenvalue weighted by Crippen LogP contribution is 2.19. The van der Waals surface area contributed by atoms with Crippen molar-refractivity contribution >= 4 is 37.5 Å². The van der Waals surface area contributed by atoms with Gasteiger partial charge in [0.15, 0.2) is 0 Å². The minimum Gasteiger partial charge on any atom is -0.376 e. The quantitative estimate of drug-likeness (QED) is 0.619. The zero-order valence-electron chi connectivity index (χ0n) is 16.4. The molecule has 0 saturated heterocycles. The molecule has 0 bridgehead atoms. The molecule has 1 atom stereocenters. The fourth-order valence-corrected chi connectivity index (χ4v) is 4.13. The summed E-state index contributed by atoms with van der Waals surface area (Å²) in [6.07, 6.45) is 0. The van der Waals surface area contributed by atoms with Gasteiger partial charge in [-0.25, -0.2) is 8.42 Å². The van der Waals surface area contributed by atoms with Crippen LogP contribution in [0.3, 0.4) is 0 Å². The van der Waals surface area contributed by atoms with E-state index in [2.05, 4.69) is 26.6 Å². The summed E-state index contributed by atoms with van der Waals surface area (Å²) in [5.74, 6) is -0.147. The second-order valence-corrected chi connectivity index (χ2v) is 9.75. The Bertz CT molecular complexity index is 897. The van der Waals surface area contributed by atoms with Crippen LogP contribution in [-0.2, 0) is 14.8 Å². The Balaban J connectivity index is 1.92. The molecular weight excluding hydrogens is 442 g/mol. The van der Waals surface area contributed by atoms with Gasteiger partial charge in [-0.05, 0) is 62.7 Å². The van der Waals surface area contributed by atoms with Crippen molar-refractivity contribution < 1.29 is 13.2 Å². The molecule has 2 rings (SSSR count). The topological polar surface area (TPSA) is 78.5 Å². The van der Waals surface area contributed by atoms with Gasteiger partial charge in [-0.15, -0.1) is 0 Å². The lowest BCUT2D eigenvalue weighted by atomic mass is 10.1. The smallest absolute Gasteiger partial charge is 0.243 e. The van der Waals surface area contributed by atoms with Gasteiger partial charge >= 0.3 is 0 Å². The zero-order valence-corrected chi connectivity index (χ0v) is 18.8. The average molecular weight is 468 g/mol. The van der Waals surface area contributed by atoms with Crippen molar-refractivity contribution in [3.63, 3.8) is 0 Å². The lowest BCUT2D eigenvalue weighted by Crippen LogP contribution is -2.33. The van der Waals surface area contributed by atoms with Crippen molar-refractivity contribution in [2.45, 2.75) is 37.8 Å². The van der Waals surface area contributed by atoms with Crippen LogP contribution in [0.1, 0.15) is 32.4 Å². The van der Waals surface area contributed by atoms with Crippen molar-refractivity contribution in [1.82, 2.24) is 9.62 Å². The molecule has 152 valence electrons. The van der Waals surface area contributed by atoms with Gasteiger partial charge in [0.25, 0.3) is 0 Å². The van der Waals surface area contributed by atoms with E-state index in [-0.39, 0.29) is 29.4 Å². The first-order valence-electron chi connectivity index (χ1n) is 8.98. The van der Waals surface area contributed by atoms with Crippen LogP contribution >= 0.6 is 15.9 Å². The second-order valence-electron chi connectivity index (χ2n) is 6.83. The molecule has 0 saturated carbocycles. The third kappa shape index (κ3) is 5.80. The molecule has 2 aromatic rings. The Morgan fingerprint density at radius 2 is 1.61 bits per heavy atom. The highest BCUT2D eigenvalue weighted by Gasteiger charge is 2.22. The molecule has 0 aliphatic heterocycles. The van der Waals surface area contributed by atoms with Crippen molar-refractivity contribution in [2.24, 2.45) is 0 Å². The van der Waals surface area contributed by atoms with Gasteiger partial charge in [0, 0.05) is 23.2 Å². The summed E-state index contributed by atoms with van der Waals surface area (Å²) in [4.78, 5) is 12.4. The zero-order chi connectivity index (χ0) is 20.9. The summed E-state index contributed by atoms with van der Waals surface area (Å²) >= 11 is 3.39. The number of nitrogens with zero attached hydrogens (tertiary/aromatic N) is 1. The first-order valence-corrected chi connectivity index (χ1v) is 11.2. The van der Waals surface area contributed by atoms with Gasteiger partial charge in [-0.3, -0.25) is 4.79 Å². The maximum absolute atomic E-state index is 12.5. The predicted molar refractivity (Wildman–Crippen MR) is 116 cm³/mol. The molecule has 0 aromatic heterocycles. The largest absolute Gasteiger partial charge is 0.376 e. The molecule has 28 heavy (non-hydrogen) atoms. The highest BCUT2D eigenvalue weighted by molar-refractivity contribution is 9.10. The van der Waals surface area contributed by atoms with E-state index in [0.717, 1.165) is 10.0 Å². The lowest BCUT2D eigenvalue weighted by Gasteiger charge is -2.21. The van der Waals surface area contributed by atoms with Gasteiger partial charge in [0.05, 0.1) is 17.5 Å². The number of nitrogens with one attached hydrogen (secondary N) is 2. The number of anilines is 1. The first kappa shape index (κ1) is 22.4. The Morgan fingerprint density at radius 3 is 2.14 bits per heavy atom. The fraction of sp³-hybridized carbons (Fsp3) is 0.350. The van der Waals surface area contributed by atoms with Crippen LogP contribution in [0.15, 0.2) is 57.9 Å². The van der Waals surface area contributed by atoms with E-state index < -0.39 is 10.0 Å². The van der Waals surface area contributed by atoms with Crippen LogP contribution in [0.25, 0.3) is 0 Å². The first-order chi connectivity index (χ1) is 13.1. The molecule has 8 heteroatoms. The Hall–Kier alpha value is -1.90. The molecule has 0 radical (unpaired) electrons. The fourth-order valence-electron chi connectivity index (χ4n) is 2.50. The highest BCUT2D eigenvalue weighted by atomic mass is 79.9. The standard InChI is InChI=1S/C20H26BrN3O3S/c1-14(2)24(4)28(26,27)19-11-9-18(10-12-19)22-13-20(25)23-15(3)16-5-7-17(21)8-6-16/h5-12,14-15,22H,13H2,1-4H3,(H,23,25). The molecule has 0 heterocycles. The summed E-state index contributed by atoms with van der Waals surface area (Å²) in [5.41, 5.74) is 1.69. The Morgan fingerprint density at radius 1 is 1.04 bits per heavy atom. The third-order valence-corrected chi connectivity index (χ3v) is 7.04. The van der Waals surface area contributed by atoms with Crippen LogP contribution in [0.5, 0.6) is 0 Å². The number of carbonyl (C=O) groups excluding carboxylic acids is 1. The molecule has 1 unspecified atom stereocenters. The SMILES string of the molecule is CC(NC(=O)CNc1ccc(S(=O)(=O)N(C)C(C)C)cc1)c1ccc(Br)cc1. The molecule has 6 nitrogen and oxygen atoms in total. The second kappa shape index (κ2) is 9.54. The van der Waals surface area contributed by atoms with Crippen LogP contribution < -0.4 is 10.6 Å². The van der Waals surface area contributed by atoms with Crippen molar-refractivity contribution in [1.29, 1.82) is 0 Å². The van der Waals surface area contributed by atoms with Crippen molar-refractivity contribution in [2.75, 3.05) is 18.9 Å². The molecular formula is C20H26BrN3O3S. The van der Waals surface area contributed by atoms with E-state index in [9.17, 15) is 13.2 Å². The van der Waals surface area contributed by atoms with Crippen LogP contribution in [0, 0.1) is 0 Å². The van der Waals surface area contributed by atoms with E-state index in [1.54, 1.807) is 31.3 Å².